The summed E-state index contributed by atoms with van der Waals surface area (Å²) in [7, 11) is 0. The Morgan fingerprint density at radius 3 is 2.62 bits per heavy atom. The van der Waals surface area contributed by atoms with E-state index in [1.54, 1.807) is 12.1 Å². The van der Waals surface area contributed by atoms with Crippen LogP contribution >= 0.6 is 0 Å². The van der Waals surface area contributed by atoms with Gasteiger partial charge in [0, 0.05) is 24.2 Å². The molecule has 2 aromatic rings. The SMILES string of the molecule is CCN(c1cccc(F)c1)c1cc(NN)nc(C(C)C)n1. The number of hydrazine groups is 1. The van der Waals surface area contributed by atoms with E-state index in [0.717, 1.165) is 5.69 Å². The van der Waals surface area contributed by atoms with E-state index >= 15 is 0 Å². The number of nitrogen functional groups attached to an aromatic ring is 1. The Labute approximate surface area is 124 Å². The molecule has 0 unspecified atom stereocenters. The van der Waals surface area contributed by atoms with Gasteiger partial charge in [-0.3, -0.25) is 0 Å². The van der Waals surface area contributed by atoms with Crippen molar-refractivity contribution in [3.63, 3.8) is 0 Å². The molecule has 0 spiro atoms. The first kappa shape index (κ1) is 15.2. The molecule has 0 aliphatic rings. The van der Waals surface area contributed by atoms with Gasteiger partial charge in [-0.2, -0.15) is 0 Å². The molecule has 0 radical (unpaired) electrons. The molecular formula is C15H20FN5. The van der Waals surface area contributed by atoms with E-state index in [1.165, 1.54) is 12.1 Å². The molecule has 1 aromatic carbocycles. The second kappa shape index (κ2) is 6.49. The van der Waals surface area contributed by atoms with Gasteiger partial charge in [0.05, 0.1) is 0 Å². The Balaban J connectivity index is 2.48. The van der Waals surface area contributed by atoms with Crippen LogP contribution < -0.4 is 16.2 Å². The number of nitrogens with one attached hydrogen (secondary N) is 1. The fourth-order valence-corrected chi connectivity index (χ4v) is 2.04. The van der Waals surface area contributed by atoms with Gasteiger partial charge in [0.15, 0.2) is 0 Å². The molecule has 0 fully saturated rings. The molecule has 0 aliphatic heterocycles. The van der Waals surface area contributed by atoms with Gasteiger partial charge in [-0.1, -0.05) is 19.9 Å². The topological polar surface area (TPSA) is 67.1 Å². The molecule has 0 amide bonds. The van der Waals surface area contributed by atoms with Gasteiger partial charge in [-0.25, -0.2) is 20.2 Å². The number of anilines is 3. The molecule has 112 valence electrons. The number of nitrogens with zero attached hydrogens (tertiary/aromatic N) is 3. The molecule has 0 atom stereocenters. The van der Waals surface area contributed by atoms with Crippen molar-refractivity contribution in [1.29, 1.82) is 0 Å². The van der Waals surface area contributed by atoms with Crippen molar-refractivity contribution >= 4 is 17.3 Å². The van der Waals surface area contributed by atoms with Crippen LogP contribution in [0.1, 0.15) is 32.5 Å². The summed E-state index contributed by atoms with van der Waals surface area (Å²) in [6.45, 7) is 6.66. The highest BCUT2D eigenvalue weighted by Crippen LogP contribution is 2.26. The molecule has 0 aliphatic carbocycles. The monoisotopic (exact) mass is 289 g/mol. The van der Waals surface area contributed by atoms with Crippen LogP contribution in [0.2, 0.25) is 0 Å². The minimum absolute atomic E-state index is 0.170. The van der Waals surface area contributed by atoms with E-state index in [4.69, 9.17) is 5.84 Å². The first-order valence-electron chi connectivity index (χ1n) is 6.93. The van der Waals surface area contributed by atoms with E-state index in [0.29, 0.717) is 24.0 Å². The summed E-state index contributed by atoms with van der Waals surface area (Å²) in [5.41, 5.74) is 3.30. The van der Waals surface area contributed by atoms with E-state index in [2.05, 4.69) is 15.4 Å². The van der Waals surface area contributed by atoms with E-state index in [-0.39, 0.29) is 11.7 Å². The number of aromatic nitrogens is 2. The Bertz CT molecular complexity index is 615. The molecule has 6 heteroatoms. The molecule has 5 nitrogen and oxygen atoms in total. The third-order valence-corrected chi connectivity index (χ3v) is 3.11. The maximum atomic E-state index is 13.4. The van der Waals surface area contributed by atoms with Crippen molar-refractivity contribution in [2.24, 2.45) is 5.84 Å². The van der Waals surface area contributed by atoms with Crippen LogP contribution in [0.25, 0.3) is 0 Å². The third kappa shape index (κ3) is 3.46. The molecule has 21 heavy (non-hydrogen) atoms. The summed E-state index contributed by atoms with van der Waals surface area (Å²) in [4.78, 5) is 10.8. The van der Waals surface area contributed by atoms with Crippen molar-refractivity contribution in [3.05, 3.63) is 42.0 Å². The Hall–Kier alpha value is -2.21. The van der Waals surface area contributed by atoms with Gasteiger partial charge in [-0.15, -0.1) is 0 Å². The van der Waals surface area contributed by atoms with Gasteiger partial charge >= 0.3 is 0 Å². The summed E-state index contributed by atoms with van der Waals surface area (Å²) < 4.78 is 13.4. The summed E-state index contributed by atoms with van der Waals surface area (Å²) >= 11 is 0. The molecule has 0 saturated carbocycles. The average molecular weight is 289 g/mol. The van der Waals surface area contributed by atoms with Crippen LogP contribution in [-0.4, -0.2) is 16.5 Å². The first-order valence-corrected chi connectivity index (χ1v) is 6.93. The largest absolute Gasteiger partial charge is 0.326 e. The average Bonchev–Trinajstić information content (AvgIpc) is 2.47. The van der Waals surface area contributed by atoms with Crippen molar-refractivity contribution < 1.29 is 4.39 Å². The highest BCUT2D eigenvalue weighted by Gasteiger charge is 2.14. The summed E-state index contributed by atoms with van der Waals surface area (Å²) in [5.74, 6) is 7.29. The second-order valence-corrected chi connectivity index (χ2v) is 4.99. The lowest BCUT2D eigenvalue weighted by molar-refractivity contribution is 0.627. The van der Waals surface area contributed by atoms with Crippen molar-refractivity contribution in [2.75, 3.05) is 16.9 Å². The van der Waals surface area contributed by atoms with E-state index < -0.39 is 0 Å². The smallest absolute Gasteiger partial charge is 0.145 e. The van der Waals surface area contributed by atoms with Crippen LogP contribution in [0.4, 0.5) is 21.7 Å². The normalized spacial score (nSPS) is 10.8. The van der Waals surface area contributed by atoms with Crippen LogP contribution in [-0.2, 0) is 0 Å². The summed E-state index contributed by atoms with van der Waals surface area (Å²) in [6, 6.07) is 8.18. The van der Waals surface area contributed by atoms with Gasteiger partial charge < -0.3 is 10.3 Å². The van der Waals surface area contributed by atoms with Gasteiger partial charge in [0.1, 0.15) is 23.3 Å². The minimum atomic E-state index is -0.277. The van der Waals surface area contributed by atoms with Gasteiger partial charge in [-0.05, 0) is 25.1 Å². The fourth-order valence-electron chi connectivity index (χ4n) is 2.04. The van der Waals surface area contributed by atoms with E-state index in [1.807, 2.05) is 31.7 Å². The summed E-state index contributed by atoms with van der Waals surface area (Å²) in [5, 5.41) is 0. The van der Waals surface area contributed by atoms with Crippen LogP contribution in [0, 0.1) is 5.82 Å². The highest BCUT2D eigenvalue weighted by atomic mass is 19.1. The maximum Gasteiger partial charge on any atom is 0.145 e. The Morgan fingerprint density at radius 1 is 1.29 bits per heavy atom. The minimum Gasteiger partial charge on any atom is -0.326 e. The van der Waals surface area contributed by atoms with Gasteiger partial charge in [0.2, 0.25) is 0 Å². The van der Waals surface area contributed by atoms with E-state index in [9.17, 15) is 4.39 Å². The number of benzene rings is 1. The second-order valence-electron chi connectivity index (χ2n) is 4.99. The number of rotatable bonds is 5. The predicted octanol–water partition coefficient (Wildman–Crippen LogP) is 3.18. The van der Waals surface area contributed by atoms with Crippen LogP contribution in [0.5, 0.6) is 0 Å². The lowest BCUT2D eigenvalue weighted by Crippen LogP contribution is -2.20. The lowest BCUT2D eigenvalue weighted by Gasteiger charge is -2.23. The summed E-state index contributed by atoms with van der Waals surface area (Å²) in [6.07, 6.45) is 0. The molecule has 2 rings (SSSR count). The number of nitrogens with two attached hydrogens (primary N) is 1. The standard InChI is InChI=1S/C15H20FN5/c1-4-21(12-7-5-6-11(16)8-12)14-9-13(20-17)18-15(19-14)10(2)3/h5-10H,4,17H2,1-3H3,(H,18,19,20). The van der Waals surface area contributed by atoms with Crippen LogP contribution in [0.15, 0.2) is 30.3 Å². The molecular weight excluding hydrogens is 269 g/mol. The van der Waals surface area contributed by atoms with Crippen LogP contribution in [0.3, 0.4) is 0 Å². The zero-order chi connectivity index (χ0) is 15.4. The number of hydrogen-bond acceptors (Lipinski definition) is 5. The molecule has 0 bridgehead atoms. The zero-order valence-electron chi connectivity index (χ0n) is 12.5. The number of hydrogen-bond donors (Lipinski definition) is 2. The number of halogens is 1. The lowest BCUT2D eigenvalue weighted by atomic mass is 10.2. The Morgan fingerprint density at radius 2 is 2.05 bits per heavy atom. The van der Waals surface area contributed by atoms with Crippen molar-refractivity contribution in [3.8, 4) is 0 Å². The quantitative estimate of drug-likeness (QED) is 0.653. The molecule has 3 N–H and O–H groups in total. The molecule has 0 saturated heterocycles. The molecule has 1 heterocycles. The molecule has 1 aromatic heterocycles. The van der Waals surface area contributed by atoms with Crippen molar-refractivity contribution in [1.82, 2.24) is 9.97 Å². The maximum absolute atomic E-state index is 13.4. The highest BCUT2D eigenvalue weighted by molar-refractivity contribution is 5.62. The Kier molecular flexibility index (Phi) is 4.70. The predicted molar refractivity (Wildman–Crippen MR) is 83.0 cm³/mol. The van der Waals surface area contributed by atoms with Gasteiger partial charge in [0.25, 0.3) is 0 Å². The fraction of sp³-hybridized carbons (Fsp3) is 0.333. The first-order chi connectivity index (χ1) is 10.0. The third-order valence-electron chi connectivity index (χ3n) is 3.11. The zero-order valence-corrected chi connectivity index (χ0v) is 12.5. The van der Waals surface area contributed by atoms with Crippen molar-refractivity contribution in [2.45, 2.75) is 26.7 Å².